The van der Waals surface area contributed by atoms with E-state index in [0.717, 1.165) is 5.92 Å². The van der Waals surface area contributed by atoms with Gasteiger partial charge in [-0.1, -0.05) is 49.2 Å². The molecule has 1 heterocycles. The van der Waals surface area contributed by atoms with Gasteiger partial charge in [0.25, 0.3) is 0 Å². The van der Waals surface area contributed by atoms with Crippen molar-refractivity contribution in [2.24, 2.45) is 5.92 Å². The number of allylic oxidation sites excluding steroid dienone is 1. The van der Waals surface area contributed by atoms with Gasteiger partial charge in [-0.2, -0.15) is 0 Å². The molecule has 1 aliphatic heterocycles. The van der Waals surface area contributed by atoms with E-state index >= 15 is 0 Å². The molecule has 0 N–H and O–H groups in total. The second kappa shape index (κ2) is 5.40. The zero-order chi connectivity index (χ0) is 13.2. The quantitative estimate of drug-likeness (QED) is 0.728. The Morgan fingerprint density at radius 1 is 1.37 bits per heavy atom. The summed E-state index contributed by atoms with van der Waals surface area (Å²) in [6.07, 6.45) is 8.08. The number of rotatable bonds is 5. The summed E-state index contributed by atoms with van der Waals surface area (Å²) in [6, 6.07) is 9.63. The maximum atomic E-state index is 4.27. The van der Waals surface area contributed by atoms with Gasteiger partial charge < -0.3 is 4.90 Å². The molecule has 3 rings (SSSR count). The Hall–Kier alpha value is -1.24. The van der Waals surface area contributed by atoms with Gasteiger partial charge in [0.1, 0.15) is 0 Å². The highest BCUT2D eigenvalue weighted by Gasteiger charge is 2.28. The maximum Gasteiger partial charge on any atom is 0.0539 e. The molecule has 1 heteroatoms. The summed E-state index contributed by atoms with van der Waals surface area (Å²) < 4.78 is 0. The molecule has 0 amide bonds. The molecule has 1 atom stereocenters. The molecule has 0 radical (unpaired) electrons. The van der Waals surface area contributed by atoms with E-state index < -0.39 is 0 Å². The van der Waals surface area contributed by atoms with Crippen molar-refractivity contribution in [1.29, 1.82) is 0 Å². The number of nitrogens with zero attached hydrogens (tertiary/aromatic N) is 1. The van der Waals surface area contributed by atoms with E-state index in [2.05, 4.69) is 42.7 Å². The summed E-state index contributed by atoms with van der Waals surface area (Å²) in [4.78, 5) is 2.57. The molecule has 0 spiro atoms. The number of hydrogen-bond donors (Lipinski definition) is 0. The molecule has 0 aromatic heterocycles. The predicted octanol–water partition coefficient (Wildman–Crippen LogP) is 4.84. The van der Waals surface area contributed by atoms with Crippen LogP contribution in [0, 0.1) is 12.8 Å². The zero-order valence-electron chi connectivity index (χ0n) is 12.1. The summed E-state index contributed by atoms with van der Waals surface area (Å²) in [5.41, 5.74) is 4.21. The lowest BCUT2D eigenvalue weighted by molar-refractivity contribution is 0.268. The fourth-order valence-electron chi connectivity index (χ4n) is 3.31. The molecule has 1 aromatic rings. The fraction of sp³-hybridized carbons (Fsp3) is 0.556. The maximum absolute atomic E-state index is 4.27. The molecule has 2 fully saturated rings. The van der Waals surface area contributed by atoms with Crippen LogP contribution in [0.2, 0.25) is 0 Å². The first-order valence-electron chi connectivity index (χ1n) is 7.75. The predicted molar refractivity (Wildman–Crippen MR) is 81.0 cm³/mol. The minimum atomic E-state index is 0.565. The van der Waals surface area contributed by atoms with Crippen LogP contribution in [0.3, 0.4) is 0 Å². The molecule has 1 aromatic carbocycles. The Morgan fingerprint density at radius 3 is 2.84 bits per heavy atom. The van der Waals surface area contributed by atoms with Crippen LogP contribution in [0.4, 0.5) is 0 Å². The molecular formula is C18H25N. The third-order valence-electron chi connectivity index (χ3n) is 4.62. The first-order chi connectivity index (χ1) is 9.24. The van der Waals surface area contributed by atoms with Crippen LogP contribution in [0.1, 0.15) is 55.7 Å². The zero-order valence-corrected chi connectivity index (χ0v) is 12.1. The summed E-state index contributed by atoms with van der Waals surface area (Å²) in [5.74, 6) is 1.02. The SMILES string of the molecule is C=C1CCCN1C(CCC1CC1)c1cccc(C)c1. The lowest BCUT2D eigenvalue weighted by atomic mass is 9.97. The van der Waals surface area contributed by atoms with Gasteiger partial charge in [0.05, 0.1) is 6.04 Å². The van der Waals surface area contributed by atoms with Gasteiger partial charge in [-0.15, -0.1) is 0 Å². The summed E-state index contributed by atoms with van der Waals surface area (Å²) >= 11 is 0. The number of aryl methyl sites for hydroxylation is 1. The smallest absolute Gasteiger partial charge is 0.0539 e. The monoisotopic (exact) mass is 255 g/mol. The van der Waals surface area contributed by atoms with E-state index in [4.69, 9.17) is 0 Å². The van der Waals surface area contributed by atoms with Crippen molar-refractivity contribution in [1.82, 2.24) is 4.90 Å². The second-order valence-corrected chi connectivity index (χ2v) is 6.31. The Bertz CT molecular complexity index is 459. The normalized spacial score (nSPS) is 20.9. The lowest BCUT2D eigenvalue weighted by Gasteiger charge is -2.31. The van der Waals surface area contributed by atoms with Crippen LogP contribution in [-0.2, 0) is 0 Å². The molecule has 0 bridgehead atoms. The van der Waals surface area contributed by atoms with E-state index in [1.807, 2.05) is 0 Å². The highest BCUT2D eigenvalue weighted by Crippen LogP contribution is 2.40. The van der Waals surface area contributed by atoms with E-state index in [-0.39, 0.29) is 0 Å². The van der Waals surface area contributed by atoms with Crippen LogP contribution < -0.4 is 0 Å². The largest absolute Gasteiger partial charge is 0.368 e. The van der Waals surface area contributed by atoms with Crippen molar-refractivity contribution in [3.8, 4) is 0 Å². The molecule has 1 saturated heterocycles. The van der Waals surface area contributed by atoms with Crippen molar-refractivity contribution < 1.29 is 0 Å². The van der Waals surface area contributed by atoms with Gasteiger partial charge in [-0.3, -0.25) is 0 Å². The van der Waals surface area contributed by atoms with E-state index in [1.165, 1.54) is 61.9 Å². The fourth-order valence-corrected chi connectivity index (χ4v) is 3.31. The van der Waals surface area contributed by atoms with Crippen molar-refractivity contribution >= 4 is 0 Å². The molecule has 102 valence electrons. The highest BCUT2D eigenvalue weighted by molar-refractivity contribution is 5.26. The first kappa shape index (κ1) is 12.8. The Labute approximate surface area is 117 Å². The first-order valence-corrected chi connectivity index (χ1v) is 7.75. The standard InChI is InChI=1S/C18H25N/c1-14-5-3-7-17(13-14)18(11-10-16-8-9-16)19-12-4-6-15(19)2/h3,5,7,13,16,18H,2,4,6,8-12H2,1H3. The molecule has 1 nitrogen and oxygen atoms in total. The van der Waals surface area contributed by atoms with E-state index in [1.54, 1.807) is 0 Å². The Morgan fingerprint density at radius 2 is 2.21 bits per heavy atom. The molecular weight excluding hydrogens is 230 g/mol. The molecule has 1 saturated carbocycles. The van der Waals surface area contributed by atoms with Crippen molar-refractivity contribution in [3.05, 3.63) is 47.7 Å². The third-order valence-corrected chi connectivity index (χ3v) is 4.62. The van der Waals surface area contributed by atoms with Gasteiger partial charge in [0.15, 0.2) is 0 Å². The minimum Gasteiger partial charge on any atom is -0.368 e. The van der Waals surface area contributed by atoms with Crippen molar-refractivity contribution in [2.45, 2.75) is 51.5 Å². The van der Waals surface area contributed by atoms with Gasteiger partial charge in [0, 0.05) is 12.2 Å². The Balaban J connectivity index is 1.79. The second-order valence-electron chi connectivity index (χ2n) is 6.31. The Kier molecular flexibility index (Phi) is 3.63. The average Bonchev–Trinajstić information content (AvgIpc) is 3.13. The minimum absolute atomic E-state index is 0.565. The van der Waals surface area contributed by atoms with Crippen molar-refractivity contribution in [3.63, 3.8) is 0 Å². The van der Waals surface area contributed by atoms with Crippen LogP contribution in [0.15, 0.2) is 36.5 Å². The lowest BCUT2D eigenvalue weighted by Crippen LogP contribution is -2.24. The van der Waals surface area contributed by atoms with E-state index in [9.17, 15) is 0 Å². The third kappa shape index (κ3) is 3.02. The topological polar surface area (TPSA) is 3.24 Å². The summed E-state index contributed by atoms with van der Waals surface area (Å²) in [7, 11) is 0. The van der Waals surface area contributed by atoms with Gasteiger partial charge >= 0.3 is 0 Å². The van der Waals surface area contributed by atoms with Crippen LogP contribution in [-0.4, -0.2) is 11.4 Å². The van der Waals surface area contributed by atoms with E-state index in [0.29, 0.717) is 6.04 Å². The summed E-state index contributed by atoms with van der Waals surface area (Å²) in [6.45, 7) is 7.66. The average molecular weight is 255 g/mol. The molecule has 1 aliphatic carbocycles. The van der Waals surface area contributed by atoms with Crippen molar-refractivity contribution in [2.75, 3.05) is 6.54 Å². The molecule has 2 aliphatic rings. The molecule has 1 unspecified atom stereocenters. The number of hydrogen-bond acceptors (Lipinski definition) is 1. The van der Waals surface area contributed by atoms with Gasteiger partial charge in [-0.05, 0) is 44.1 Å². The van der Waals surface area contributed by atoms with Gasteiger partial charge in [-0.25, -0.2) is 0 Å². The number of benzene rings is 1. The number of likely N-dealkylation sites (tertiary alicyclic amines) is 1. The van der Waals surface area contributed by atoms with Crippen LogP contribution in [0.5, 0.6) is 0 Å². The van der Waals surface area contributed by atoms with Crippen LogP contribution >= 0.6 is 0 Å². The highest BCUT2D eigenvalue weighted by atomic mass is 15.2. The summed E-state index contributed by atoms with van der Waals surface area (Å²) in [5, 5.41) is 0. The van der Waals surface area contributed by atoms with Gasteiger partial charge in [0.2, 0.25) is 0 Å². The van der Waals surface area contributed by atoms with Crippen LogP contribution in [0.25, 0.3) is 0 Å². The molecule has 19 heavy (non-hydrogen) atoms.